The van der Waals surface area contributed by atoms with Crippen LogP contribution in [0.15, 0.2) is 24.3 Å². The van der Waals surface area contributed by atoms with Gasteiger partial charge in [0, 0.05) is 5.56 Å². The van der Waals surface area contributed by atoms with E-state index in [1.807, 2.05) is 0 Å². The maximum atomic E-state index is 10.9. The highest BCUT2D eigenvalue weighted by atomic mass is 35.5. The monoisotopic (exact) mass is 316 g/mol. The van der Waals surface area contributed by atoms with E-state index in [0.29, 0.717) is 16.3 Å². The molecule has 4 nitrogen and oxygen atoms in total. The molecule has 98 valence electrons. The van der Waals surface area contributed by atoms with E-state index in [9.17, 15) is 4.79 Å². The van der Waals surface area contributed by atoms with Crippen molar-refractivity contribution >= 4 is 46.5 Å². The van der Waals surface area contributed by atoms with Crippen molar-refractivity contribution in [2.24, 2.45) is 0 Å². The maximum Gasteiger partial charge on any atom is 0.354 e. The van der Waals surface area contributed by atoms with Crippen molar-refractivity contribution < 1.29 is 9.90 Å². The number of carboxylic acid groups (broad SMARTS) is 1. The minimum Gasteiger partial charge on any atom is -0.477 e. The van der Waals surface area contributed by atoms with Crippen LogP contribution in [0.1, 0.15) is 10.5 Å². The third-order valence-corrected chi connectivity index (χ3v) is 3.73. The Bertz CT molecular complexity index is 674. The fourth-order valence-corrected chi connectivity index (χ4v) is 2.14. The highest BCUT2D eigenvalue weighted by molar-refractivity contribution is 6.49. The number of hydrogen-bond donors (Lipinski definition) is 2. The van der Waals surface area contributed by atoms with Gasteiger partial charge in [-0.25, -0.2) is 9.78 Å². The van der Waals surface area contributed by atoms with Crippen LogP contribution < -0.4 is 5.73 Å². The molecule has 0 radical (unpaired) electrons. The Balaban J connectivity index is 2.68. The van der Waals surface area contributed by atoms with Crippen molar-refractivity contribution in [1.82, 2.24) is 4.98 Å². The highest BCUT2D eigenvalue weighted by Gasteiger charge is 2.16. The molecule has 1 aromatic heterocycles. The summed E-state index contributed by atoms with van der Waals surface area (Å²) in [5.74, 6) is -1.16. The van der Waals surface area contributed by atoms with Crippen LogP contribution in [0, 0.1) is 0 Å². The van der Waals surface area contributed by atoms with Gasteiger partial charge in [-0.3, -0.25) is 0 Å². The van der Waals surface area contributed by atoms with Crippen molar-refractivity contribution in [1.29, 1.82) is 0 Å². The Labute approximate surface area is 123 Å². The zero-order chi connectivity index (χ0) is 14.2. The molecule has 0 bridgehead atoms. The average Bonchev–Trinajstić information content (AvgIpc) is 2.37. The first-order chi connectivity index (χ1) is 8.91. The third kappa shape index (κ3) is 2.61. The first-order valence-electron chi connectivity index (χ1n) is 5.05. The number of nitrogens with two attached hydrogens (primary N) is 1. The number of carboxylic acids is 1. The number of anilines is 1. The van der Waals surface area contributed by atoms with E-state index in [-0.39, 0.29) is 21.4 Å². The molecule has 0 saturated heterocycles. The molecule has 2 aromatic rings. The number of nitrogen functional groups attached to an aromatic ring is 1. The van der Waals surface area contributed by atoms with Crippen LogP contribution in [0.25, 0.3) is 11.3 Å². The van der Waals surface area contributed by atoms with Gasteiger partial charge in [0.25, 0.3) is 0 Å². The number of halogens is 3. The molecular formula is C12H7Cl3N2O2. The number of benzene rings is 1. The van der Waals surface area contributed by atoms with Gasteiger partial charge in [-0.05, 0) is 24.3 Å². The summed E-state index contributed by atoms with van der Waals surface area (Å²) in [5, 5.41) is 9.57. The predicted octanol–water partition coefficient (Wildman–Crippen LogP) is 3.99. The molecule has 0 fully saturated rings. The summed E-state index contributed by atoms with van der Waals surface area (Å²) in [6.07, 6.45) is 0. The van der Waals surface area contributed by atoms with Gasteiger partial charge in [0.2, 0.25) is 0 Å². The van der Waals surface area contributed by atoms with Gasteiger partial charge in [0.15, 0.2) is 0 Å². The number of aromatic carboxylic acids is 1. The lowest BCUT2D eigenvalue weighted by atomic mass is 10.1. The van der Waals surface area contributed by atoms with Crippen LogP contribution in [0.2, 0.25) is 15.1 Å². The minimum absolute atomic E-state index is 0.133. The van der Waals surface area contributed by atoms with Gasteiger partial charge in [-0.1, -0.05) is 34.8 Å². The van der Waals surface area contributed by atoms with Crippen LogP contribution in [0.5, 0.6) is 0 Å². The van der Waals surface area contributed by atoms with Gasteiger partial charge >= 0.3 is 5.97 Å². The van der Waals surface area contributed by atoms with Gasteiger partial charge in [0.1, 0.15) is 5.69 Å². The van der Waals surface area contributed by atoms with Crippen LogP contribution >= 0.6 is 34.8 Å². The highest BCUT2D eigenvalue weighted by Crippen LogP contribution is 2.39. The number of carbonyl (C=O) groups is 1. The molecule has 0 atom stereocenters. The normalized spacial score (nSPS) is 10.5. The lowest BCUT2D eigenvalue weighted by molar-refractivity contribution is 0.0690. The van der Waals surface area contributed by atoms with E-state index >= 15 is 0 Å². The van der Waals surface area contributed by atoms with Crippen LogP contribution in [-0.2, 0) is 0 Å². The summed E-state index contributed by atoms with van der Waals surface area (Å²) < 4.78 is 0. The van der Waals surface area contributed by atoms with Crippen molar-refractivity contribution in [3.05, 3.63) is 45.0 Å². The van der Waals surface area contributed by atoms with Crippen molar-refractivity contribution in [3.8, 4) is 11.3 Å². The number of pyridine rings is 1. The van der Waals surface area contributed by atoms with Crippen LogP contribution in [-0.4, -0.2) is 16.1 Å². The summed E-state index contributed by atoms with van der Waals surface area (Å²) in [7, 11) is 0. The maximum absolute atomic E-state index is 10.9. The van der Waals surface area contributed by atoms with Crippen LogP contribution in [0.4, 0.5) is 5.69 Å². The predicted molar refractivity (Wildman–Crippen MR) is 76.1 cm³/mol. The fraction of sp³-hybridized carbons (Fsp3) is 0. The minimum atomic E-state index is -1.16. The summed E-state index contributed by atoms with van der Waals surface area (Å²) >= 11 is 17.8. The third-order valence-electron chi connectivity index (χ3n) is 2.44. The van der Waals surface area contributed by atoms with E-state index in [4.69, 9.17) is 45.6 Å². The van der Waals surface area contributed by atoms with Crippen molar-refractivity contribution in [3.63, 3.8) is 0 Å². The molecule has 19 heavy (non-hydrogen) atoms. The Hall–Kier alpha value is -1.49. The number of rotatable bonds is 2. The van der Waals surface area contributed by atoms with Crippen LogP contribution in [0.3, 0.4) is 0 Å². The zero-order valence-electron chi connectivity index (χ0n) is 9.32. The van der Waals surface area contributed by atoms with E-state index < -0.39 is 5.97 Å². The molecule has 0 spiro atoms. The second-order valence-corrected chi connectivity index (χ2v) is 4.83. The first kappa shape index (κ1) is 13.9. The molecule has 0 saturated carbocycles. The Morgan fingerprint density at radius 3 is 2.42 bits per heavy atom. The van der Waals surface area contributed by atoms with E-state index in [2.05, 4.69) is 4.98 Å². The summed E-state index contributed by atoms with van der Waals surface area (Å²) in [4.78, 5) is 14.9. The Morgan fingerprint density at radius 1 is 1.11 bits per heavy atom. The summed E-state index contributed by atoms with van der Waals surface area (Å²) in [6, 6.07) is 5.89. The second kappa shape index (κ2) is 5.25. The molecule has 0 aliphatic rings. The molecule has 0 unspecified atom stereocenters. The smallest absolute Gasteiger partial charge is 0.354 e. The van der Waals surface area contributed by atoms with Gasteiger partial charge < -0.3 is 10.8 Å². The topological polar surface area (TPSA) is 76.2 Å². The lowest BCUT2D eigenvalue weighted by Crippen LogP contribution is -2.03. The summed E-state index contributed by atoms with van der Waals surface area (Å²) in [5.41, 5.74) is 6.63. The molecule has 2 rings (SSSR count). The standard InChI is InChI=1S/C12H7Cl3N2O2/c13-6-2-1-5(9(14)10(6)15)11-7(16)3-4-8(17-11)12(18)19/h1-4H,16H2,(H,18,19). The number of aromatic nitrogens is 1. The molecule has 0 aliphatic carbocycles. The van der Waals surface area contributed by atoms with E-state index in [0.717, 1.165) is 0 Å². The molecule has 0 aliphatic heterocycles. The molecule has 1 heterocycles. The quantitative estimate of drug-likeness (QED) is 0.821. The molecule has 1 aromatic carbocycles. The SMILES string of the molecule is Nc1ccc(C(=O)O)nc1-c1ccc(Cl)c(Cl)c1Cl. The molecule has 3 N–H and O–H groups in total. The Kier molecular flexibility index (Phi) is 3.85. The zero-order valence-corrected chi connectivity index (χ0v) is 11.6. The van der Waals surface area contributed by atoms with E-state index in [1.165, 1.54) is 12.1 Å². The van der Waals surface area contributed by atoms with E-state index in [1.54, 1.807) is 12.1 Å². The molecule has 0 amide bonds. The molecule has 7 heteroatoms. The number of nitrogens with zero attached hydrogens (tertiary/aromatic N) is 1. The van der Waals surface area contributed by atoms with Gasteiger partial charge in [-0.15, -0.1) is 0 Å². The lowest BCUT2D eigenvalue weighted by Gasteiger charge is -2.09. The largest absolute Gasteiger partial charge is 0.477 e. The Morgan fingerprint density at radius 2 is 1.79 bits per heavy atom. The molecular weight excluding hydrogens is 311 g/mol. The van der Waals surface area contributed by atoms with Crippen molar-refractivity contribution in [2.45, 2.75) is 0 Å². The van der Waals surface area contributed by atoms with Crippen molar-refractivity contribution in [2.75, 3.05) is 5.73 Å². The summed E-state index contributed by atoms with van der Waals surface area (Å²) in [6.45, 7) is 0. The fourth-order valence-electron chi connectivity index (χ4n) is 1.51. The second-order valence-electron chi connectivity index (χ2n) is 3.66. The first-order valence-corrected chi connectivity index (χ1v) is 6.19. The van der Waals surface area contributed by atoms with Gasteiger partial charge in [-0.2, -0.15) is 0 Å². The average molecular weight is 318 g/mol. The van der Waals surface area contributed by atoms with Gasteiger partial charge in [0.05, 0.1) is 26.4 Å². The number of hydrogen-bond acceptors (Lipinski definition) is 3.